The SMILES string of the molecule is CC1CN(CC2CCN(C(=O)Nc3ccc4c(c3)OC(F)(F)O4)CC2)CC(C)O1. The summed E-state index contributed by atoms with van der Waals surface area (Å²) in [7, 11) is 0. The largest absolute Gasteiger partial charge is 0.586 e. The standard InChI is InChI=1S/C20H27F2N3O4/c1-13-10-24(11-14(2)27-13)12-15-5-7-25(8-6-15)19(26)23-16-3-4-17-18(9-16)29-20(21,22)28-17/h3-4,9,13-15H,5-8,10-12H2,1-2H3,(H,23,26). The average Bonchev–Trinajstić information content (AvgIpc) is 2.94. The zero-order valence-electron chi connectivity index (χ0n) is 16.7. The number of likely N-dealkylation sites (tertiary alicyclic amines) is 1. The topological polar surface area (TPSA) is 63.3 Å². The smallest absolute Gasteiger partial charge is 0.395 e. The molecule has 9 heteroatoms. The summed E-state index contributed by atoms with van der Waals surface area (Å²) in [5.74, 6) is 0.436. The van der Waals surface area contributed by atoms with Crippen LogP contribution in [-0.2, 0) is 4.74 Å². The minimum Gasteiger partial charge on any atom is -0.395 e. The van der Waals surface area contributed by atoms with Gasteiger partial charge >= 0.3 is 12.3 Å². The lowest BCUT2D eigenvalue weighted by molar-refractivity contribution is -0.286. The molecule has 2 amide bonds. The molecular weight excluding hydrogens is 384 g/mol. The molecule has 0 aromatic heterocycles. The van der Waals surface area contributed by atoms with Crippen LogP contribution in [0.5, 0.6) is 11.5 Å². The fraction of sp³-hybridized carbons (Fsp3) is 0.650. The Labute approximate surface area is 168 Å². The number of carbonyl (C=O) groups excluding carboxylic acids is 1. The number of nitrogens with one attached hydrogen (secondary N) is 1. The van der Waals surface area contributed by atoms with E-state index in [1.165, 1.54) is 18.2 Å². The van der Waals surface area contributed by atoms with Crippen molar-refractivity contribution in [1.29, 1.82) is 0 Å². The van der Waals surface area contributed by atoms with Crippen molar-refractivity contribution >= 4 is 11.7 Å². The number of hydrogen-bond acceptors (Lipinski definition) is 5. The predicted molar refractivity (Wildman–Crippen MR) is 102 cm³/mol. The van der Waals surface area contributed by atoms with Gasteiger partial charge in [0.05, 0.1) is 12.2 Å². The quantitative estimate of drug-likeness (QED) is 0.827. The van der Waals surface area contributed by atoms with E-state index in [2.05, 4.69) is 33.5 Å². The molecule has 2 atom stereocenters. The van der Waals surface area contributed by atoms with Crippen molar-refractivity contribution < 1.29 is 27.8 Å². The summed E-state index contributed by atoms with van der Waals surface area (Å²) in [6.07, 6.45) is -1.26. The third-order valence-electron chi connectivity index (χ3n) is 5.57. The van der Waals surface area contributed by atoms with Gasteiger partial charge in [-0.15, -0.1) is 8.78 Å². The minimum atomic E-state index is -3.66. The van der Waals surface area contributed by atoms with Crippen LogP contribution < -0.4 is 14.8 Å². The number of hydrogen-bond donors (Lipinski definition) is 1. The normalized spacial score (nSPS) is 27.1. The Bertz CT molecular complexity index is 745. The zero-order valence-corrected chi connectivity index (χ0v) is 16.7. The van der Waals surface area contributed by atoms with E-state index in [4.69, 9.17) is 4.74 Å². The number of urea groups is 1. The fourth-order valence-corrected chi connectivity index (χ4v) is 4.35. The molecule has 0 bridgehead atoms. The molecule has 1 aromatic rings. The van der Waals surface area contributed by atoms with E-state index in [1.54, 1.807) is 4.90 Å². The molecule has 1 N–H and O–H groups in total. The van der Waals surface area contributed by atoms with Gasteiger partial charge in [0.25, 0.3) is 0 Å². The van der Waals surface area contributed by atoms with E-state index in [1.807, 2.05) is 0 Å². The van der Waals surface area contributed by atoms with Gasteiger partial charge in [-0.25, -0.2) is 4.79 Å². The van der Waals surface area contributed by atoms with Gasteiger partial charge in [0.15, 0.2) is 11.5 Å². The highest BCUT2D eigenvalue weighted by atomic mass is 19.3. The molecule has 2 fully saturated rings. The third-order valence-corrected chi connectivity index (χ3v) is 5.57. The van der Waals surface area contributed by atoms with Gasteiger partial charge < -0.3 is 24.4 Å². The first-order chi connectivity index (χ1) is 13.8. The number of alkyl halides is 2. The van der Waals surface area contributed by atoms with Crippen molar-refractivity contribution in [2.45, 2.75) is 45.2 Å². The molecule has 4 rings (SSSR count). The maximum atomic E-state index is 13.1. The maximum Gasteiger partial charge on any atom is 0.586 e. The molecule has 7 nitrogen and oxygen atoms in total. The Hall–Kier alpha value is -2.13. The molecule has 3 heterocycles. The summed E-state index contributed by atoms with van der Waals surface area (Å²) < 4.78 is 40.8. The summed E-state index contributed by atoms with van der Waals surface area (Å²) in [6, 6.07) is 4.00. The first-order valence-electron chi connectivity index (χ1n) is 10.1. The van der Waals surface area contributed by atoms with Crippen LogP contribution in [0.15, 0.2) is 18.2 Å². The number of amides is 2. The second-order valence-corrected chi connectivity index (χ2v) is 8.17. The fourth-order valence-electron chi connectivity index (χ4n) is 4.35. The monoisotopic (exact) mass is 411 g/mol. The number of benzene rings is 1. The second-order valence-electron chi connectivity index (χ2n) is 8.17. The van der Waals surface area contributed by atoms with Crippen molar-refractivity contribution in [2.75, 3.05) is 38.0 Å². The molecule has 0 aliphatic carbocycles. The van der Waals surface area contributed by atoms with Crippen molar-refractivity contribution in [3.05, 3.63) is 18.2 Å². The molecule has 0 saturated carbocycles. The number of rotatable bonds is 3. The van der Waals surface area contributed by atoms with Crippen LogP contribution in [-0.4, -0.2) is 67.1 Å². The Morgan fingerprint density at radius 2 is 1.79 bits per heavy atom. The zero-order chi connectivity index (χ0) is 20.6. The summed E-state index contributed by atoms with van der Waals surface area (Å²) in [6.45, 7) is 8.50. The van der Waals surface area contributed by atoms with Crippen molar-refractivity contribution in [3.63, 3.8) is 0 Å². The second kappa shape index (κ2) is 7.95. The number of carbonyl (C=O) groups is 1. The van der Waals surface area contributed by atoms with Crippen LogP contribution in [0.25, 0.3) is 0 Å². The first-order valence-corrected chi connectivity index (χ1v) is 10.1. The molecule has 160 valence electrons. The first kappa shape index (κ1) is 20.2. The molecule has 0 radical (unpaired) electrons. The Kier molecular flexibility index (Phi) is 5.52. The number of halogens is 2. The number of morpholine rings is 1. The number of anilines is 1. The molecule has 0 spiro atoms. The molecule has 2 unspecified atom stereocenters. The minimum absolute atomic E-state index is 0.0411. The van der Waals surface area contributed by atoms with Crippen LogP contribution in [0.2, 0.25) is 0 Å². The summed E-state index contributed by atoms with van der Waals surface area (Å²) >= 11 is 0. The van der Waals surface area contributed by atoms with Crippen LogP contribution in [0.4, 0.5) is 19.3 Å². The van der Waals surface area contributed by atoms with Gasteiger partial charge in [0.1, 0.15) is 0 Å². The Balaban J connectivity index is 1.26. The van der Waals surface area contributed by atoms with Gasteiger partial charge in [0, 0.05) is 44.5 Å². The van der Waals surface area contributed by atoms with Crippen molar-refractivity contribution in [3.8, 4) is 11.5 Å². The highest BCUT2D eigenvalue weighted by Gasteiger charge is 2.43. The highest BCUT2D eigenvalue weighted by Crippen LogP contribution is 2.42. The summed E-state index contributed by atoms with van der Waals surface area (Å²) in [5, 5.41) is 2.76. The molecule has 29 heavy (non-hydrogen) atoms. The van der Waals surface area contributed by atoms with Crippen LogP contribution in [0, 0.1) is 5.92 Å². The number of piperidine rings is 1. The highest BCUT2D eigenvalue weighted by molar-refractivity contribution is 5.89. The lowest BCUT2D eigenvalue weighted by atomic mass is 9.96. The van der Waals surface area contributed by atoms with Crippen molar-refractivity contribution in [2.24, 2.45) is 5.92 Å². The summed E-state index contributed by atoms with van der Waals surface area (Å²) in [5.41, 5.74) is 0.397. The van der Waals surface area contributed by atoms with E-state index in [-0.39, 0.29) is 29.7 Å². The van der Waals surface area contributed by atoms with E-state index in [0.29, 0.717) is 24.7 Å². The van der Waals surface area contributed by atoms with Gasteiger partial charge in [-0.3, -0.25) is 4.90 Å². The Morgan fingerprint density at radius 1 is 1.14 bits per heavy atom. The molecule has 2 saturated heterocycles. The van der Waals surface area contributed by atoms with Gasteiger partial charge in [-0.1, -0.05) is 0 Å². The van der Waals surface area contributed by atoms with E-state index < -0.39 is 6.29 Å². The maximum absolute atomic E-state index is 13.1. The van der Waals surface area contributed by atoms with Gasteiger partial charge in [0.2, 0.25) is 0 Å². The third kappa shape index (κ3) is 4.90. The predicted octanol–water partition coefficient (Wildman–Crippen LogP) is 3.36. The molecule has 3 aliphatic heterocycles. The molecule has 1 aromatic carbocycles. The van der Waals surface area contributed by atoms with Crippen molar-refractivity contribution in [1.82, 2.24) is 9.80 Å². The van der Waals surface area contributed by atoms with Crippen LogP contribution in [0.1, 0.15) is 26.7 Å². The Morgan fingerprint density at radius 3 is 2.48 bits per heavy atom. The molecule has 3 aliphatic rings. The lowest BCUT2D eigenvalue weighted by Gasteiger charge is -2.39. The lowest BCUT2D eigenvalue weighted by Crippen LogP contribution is -2.49. The van der Waals surface area contributed by atoms with Crippen LogP contribution in [0.3, 0.4) is 0 Å². The summed E-state index contributed by atoms with van der Waals surface area (Å²) in [4.78, 5) is 16.8. The van der Waals surface area contributed by atoms with E-state index in [9.17, 15) is 13.6 Å². The van der Waals surface area contributed by atoms with E-state index >= 15 is 0 Å². The number of ether oxygens (including phenoxy) is 3. The van der Waals surface area contributed by atoms with E-state index in [0.717, 1.165) is 32.5 Å². The van der Waals surface area contributed by atoms with Crippen LogP contribution >= 0.6 is 0 Å². The molecular formula is C20H27F2N3O4. The number of nitrogens with zero attached hydrogens (tertiary/aromatic N) is 2. The van der Waals surface area contributed by atoms with Gasteiger partial charge in [-0.2, -0.15) is 0 Å². The van der Waals surface area contributed by atoms with Gasteiger partial charge in [-0.05, 0) is 44.7 Å². The average molecular weight is 411 g/mol. The number of fused-ring (bicyclic) bond motifs is 1.